The number of benzene rings is 1. The van der Waals surface area contributed by atoms with E-state index in [1.165, 1.54) is 24.8 Å². The van der Waals surface area contributed by atoms with Gasteiger partial charge in [-0.1, -0.05) is 6.07 Å². The van der Waals surface area contributed by atoms with Crippen LogP contribution >= 0.6 is 0 Å². The first-order valence-electron chi connectivity index (χ1n) is 5.31. The molecule has 1 heterocycles. The van der Waals surface area contributed by atoms with E-state index in [0.29, 0.717) is 5.56 Å². The van der Waals surface area contributed by atoms with Crippen molar-refractivity contribution in [2.24, 2.45) is 0 Å². The van der Waals surface area contributed by atoms with Crippen molar-refractivity contribution in [3.8, 4) is 6.07 Å². The Morgan fingerprint density at radius 3 is 2.58 bits per heavy atom. The molecular weight excluding hydrogens is 264 g/mol. The first kappa shape index (κ1) is 13.0. The van der Waals surface area contributed by atoms with Gasteiger partial charge in [-0.05, 0) is 24.6 Å². The van der Waals surface area contributed by atoms with Crippen molar-refractivity contribution >= 4 is 15.7 Å². The Hall–Kier alpha value is -2.46. The molecule has 7 heteroatoms. The Bertz CT molecular complexity index is 736. The van der Waals surface area contributed by atoms with Gasteiger partial charge < -0.3 is 0 Å². The molecular formula is C12H10N4O2S. The Kier molecular flexibility index (Phi) is 3.44. The molecule has 0 saturated carbocycles. The molecule has 0 unspecified atom stereocenters. The molecule has 0 saturated heterocycles. The summed E-state index contributed by atoms with van der Waals surface area (Å²) in [5.41, 5.74) is 1.11. The van der Waals surface area contributed by atoms with Crippen LogP contribution in [0.25, 0.3) is 0 Å². The fraction of sp³-hybridized carbons (Fsp3) is 0.0833. The average molecular weight is 274 g/mol. The zero-order valence-electron chi connectivity index (χ0n) is 10.0. The number of hydrogen-bond acceptors (Lipinski definition) is 5. The summed E-state index contributed by atoms with van der Waals surface area (Å²) in [6, 6.07) is 6.41. The van der Waals surface area contributed by atoms with Gasteiger partial charge in [0, 0.05) is 0 Å². The highest BCUT2D eigenvalue weighted by Crippen LogP contribution is 2.19. The number of rotatable bonds is 3. The number of hydrogen-bond donors (Lipinski definition) is 1. The monoisotopic (exact) mass is 274 g/mol. The van der Waals surface area contributed by atoms with Crippen LogP contribution in [0.2, 0.25) is 0 Å². The van der Waals surface area contributed by atoms with E-state index in [4.69, 9.17) is 5.26 Å². The van der Waals surface area contributed by atoms with Crippen molar-refractivity contribution < 1.29 is 8.42 Å². The molecule has 0 amide bonds. The number of nitrogens with zero attached hydrogens (tertiary/aromatic N) is 3. The number of sulfonamides is 1. The predicted octanol–water partition coefficient (Wildman–Crippen LogP) is 1.46. The Morgan fingerprint density at radius 1 is 1.26 bits per heavy atom. The molecule has 2 rings (SSSR count). The lowest BCUT2D eigenvalue weighted by molar-refractivity contribution is 0.600. The Morgan fingerprint density at radius 2 is 1.95 bits per heavy atom. The minimum absolute atomic E-state index is 0.0652. The van der Waals surface area contributed by atoms with Crippen molar-refractivity contribution in [3.05, 3.63) is 48.0 Å². The van der Waals surface area contributed by atoms with Crippen molar-refractivity contribution in [3.63, 3.8) is 0 Å². The van der Waals surface area contributed by atoms with Crippen LogP contribution in [0.3, 0.4) is 0 Å². The van der Waals surface area contributed by atoms with Gasteiger partial charge in [-0.15, -0.1) is 0 Å². The molecule has 2 aromatic rings. The lowest BCUT2D eigenvalue weighted by Crippen LogP contribution is -2.14. The summed E-state index contributed by atoms with van der Waals surface area (Å²) in [4.78, 5) is 7.52. The van der Waals surface area contributed by atoms with Gasteiger partial charge in [-0.3, -0.25) is 4.72 Å². The van der Waals surface area contributed by atoms with Crippen LogP contribution < -0.4 is 4.72 Å². The summed E-state index contributed by atoms with van der Waals surface area (Å²) in [7, 11) is -3.76. The van der Waals surface area contributed by atoms with Crippen molar-refractivity contribution in [1.29, 1.82) is 5.26 Å². The third kappa shape index (κ3) is 2.86. The van der Waals surface area contributed by atoms with Crippen molar-refractivity contribution in [2.75, 3.05) is 4.72 Å². The van der Waals surface area contributed by atoms with Crippen LogP contribution in [0, 0.1) is 18.3 Å². The van der Waals surface area contributed by atoms with Gasteiger partial charge in [-0.2, -0.15) is 5.26 Å². The zero-order valence-corrected chi connectivity index (χ0v) is 10.8. The molecule has 0 aliphatic rings. The molecule has 1 N–H and O–H groups in total. The first-order chi connectivity index (χ1) is 9.03. The summed E-state index contributed by atoms with van der Waals surface area (Å²) in [5.74, 6) is 0. The van der Waals surface area contributed by atoms with Gasteiger partial charge >= 0.3 is 0 Å². The molecule has 0 aliphatic heterocycles. The average Bonchev–Trinajstić information content (AvgIpc) is 2.39. The SMILES string of the molecule is Cc1ccc(C#N)cc1S(=O)(=O)Nc1cncnc1. The van der Waals surface area contributed by atoms with Gasteiger partial charge in [0.15, 0.2) is 0 Å². The highest BCUT2D eigenvalue weighted by molar-refractivity contribution is 7.92. The quantitative estimate of drug-likeness (QED) is 0.914. The van der Waals surface area contributed by atoms with Crippen LogP contribution in [0.1, 0.15) is 11.1 Å². The maximum Gasteiger partial charge on any atom is 0.262 e. The molecule has 6 nitrogen and oxygen atoms in total. The van der Waals surface area contributed by atoms with Crippen LogP contribution in [0.5, 0.6) is 0 Å². The Balaban J connectivity index is 2.43. The van der Waals surface area contributed by atoms with Crippen molar-refractivity contribution in [2.45, 2.75) is 11.8 Å². The summed E-state index contributed by atoms with van der Waals surface area (Å²) < 4.78 is 26.8. The van der Waals surface area contributed by atoms with E-state index in [-0.39, 0.29) is 16.1 Å². The normalized spacial score (nSPS) is 10.7. The summed E-state index contributed by atoms with van der Waals surface area (Å²) in [5, 5.41) is 8.82. The topological polar surface area (TPSA) is 95.7 Å². The van der Waals surface area contributed by atoms with Crippen LogP contribution in [0.4, 0.5) is 5.69 Å². The number of nitriles is 1. The second-order valence-corrected chi connectivity index (χ2v) is 5.48. The van der Waals surface area contributed by atoms with E-state index in [2.05, 4.69) is 14.7 Å². The highest BCUT2D eigenvalue weighted by Gasteiger charge is 2.17. The van der Waals surface area contributed by atoms with Crippen molar-refractivity contribution in [1.82, 2.24) is 9.97 Å². The fourth-order valence-electron chi connectivity index (χ4n) is 1.52. The number of anilines is 1. The van der Waals surface area contributed by atoms with Gasteiger partial charge in [-0.25, -0.2) is 18.4 Å². The fourth-order valence-corrected chi connectivity index (χ4v) is 2.82. The molecule has 0 spiro atoms. The maximum atomic E-state index is 12.2. The van der Waals surface area contributed by atoms with E-state index in [9.17, 15) is 8.42 Å². The molecule has 0 fully saturated rings. The second-order valence-electron chi connectivity index (χ2n) is 3.82. The number of aromatic nitrogens is 2. The number of nitrogens with one attached hydrogen (secondary N) is 1. The molecule has 0 bridgehead atoms. The smallest absolute Gasteiger partial charge is 0.262 e. The predicted molar refractivity (Wildman–Crippen MR) is 68.7 cm³/mol. The van der Waals surface area contributed by atoms with Gasteiger partial charge in [0.2, 0.25) is 0 Å². The molecule has 19 heavy (non-hydrogen) atoms. The Labute approximate surface area is 110 Å². The first-order valence-corrected chi connectivity index (χ1v) is 6.80. The third-order valence-corrected chi connectivity index (χ3v) is 3.94. The van der Waals surface area contributed by atoms with E-state index in [1.807, 2.05) is 6.07 Å². The molecule has 96 valence electrons. The third-order valence-electron chi connectivity index (χ3n) is 2.42. The molecule has 1 aromatic heterocycles. The van der Waals surface area contributed by atoms with Crippen LogP contribution in [-0.4, -0.2) is 18.4 Å². The number of aryl methyl sites for hydroxylation is 1. The largest absolute Gasteiger partial charge is 0.276 e. The minimum Gasteiger partial charge on any atom is -0.276 e. The van der Waals surface area contributed by atoms with Gasteiger partial charge in [0.1, 0.15) is 6.33 Å². The summed E-state index contributed by atoms with van der Waals surface area (Å²) in [6.45, 7) is 1.66. The van der Waals surface area contributed by atoms with Crippen LogP contribution in [-0.2, 0) is 10.0 Å². The van der Waals surface area contributed by atoms with E-state index < -0.39 is 10.0 Å². The van der Waals surface area contributed by atoms with E-state index in [0.717, 1.165) is 0 Å². The summed E-state index contributed by atoms with van der Waals surface area (Å²) >= 11 is 0. The standard InChI is InChI=1S/C12H10N4O2S/c1-9-2-3-10(5-13)4-12(9)19(17,18)16-11-6-14-8-15-7-11/h2-4,6-8,16H,1H3. The van der Waals surface area contributed by atoms with Gasteiger partial charge in [0.25, 0.3) is 10.0 Å². The summed E-state index contributed by atoms with van der Waals surface area (Å²) in [6.07, 6.45) is 4.02. The highest BCUT2D eigenvalue weighted by atomic mass is 32.2. The minimum atomic E-state index is -3.76. The molecule has 0 radical (unpaired) electrons. The van der Waals surface area contributed by atoms with E-state index in [1.54, 1.807) is 19.1 Å². The molecule has 0 aliphatic carbocycles. The lowest BCUT2D eigenvalue weighted by atomic mass is 10.2. The van der Waals surface area contributed by atoms with Gasteiger partial charge in [0.05, 0.1) is 34.6 Å². The maximum absolute atomic E-state index is 12.2. The lowest BCUT2D eigenvalue weighted by Gasteiger charge is -2.09. The zero-order chi connectivity index (χ0) is 13.9. The van der Waals surface area contributed by atoms with E-state index >= 15 is 0 Å². The molecule has 0 atom stereocenters. The van der Waals surface area contributed by atoms with Crippen LogP contribution in [0.15, 0.2) is 41.8 Å². The second kappa shape index (κ2) is 5.04. The molecule has 1 aromatic carbocycles.